The summed E-state index contributed by atoms with van der Waals surface area (Å²) >= 11 is 17.6. The van der Waals surface area contributed by atoms with E-state index in [0.29, 0.717) is 30.6 Å². The molecule has 0 unspecified atom stereocenters. The second kappa shape index (κ2) is 11.8. The van der Waals surface area contributed by atoms with E-state index >= 15 is 0 Å². The summed E-state index contributed by atoms with van der Waals surface area (Å²) in [6.45, 7) is 3.85. The molecule has 2 heterocycles. The highest BCUT2D eigenvalue weighted by molar-refractivity contribution is 6.66. The summed E-state index contributed by atoms with van der Waals surface area (Å²) in [5, 5.41) is 31.2. The van der Waals surface area contributed by atoms with E-state index in [0.717, 1.165) is 26.2 Å². The molecule has 0 aliphatic carbocycles. The number of aliphatic hydroxyl groups is 1. The Kier molecular flexibility index (Phi) is 10.2. The molecular weight excluding hydrogens is 439 g/mol. The average molecular weight is 458 g/mol. The number of quaternary nitrogens is 1. The van der Waals surface area contributed by atoms with Crippen LogP contribution in [0.25, 0.3) is 0 Å². The van der Waals surface area contributed by atoms with E-state index in [2.05, 4.69) is 25.6 Å². The maximum Gasteiger partial charge on any atom is 0.328 e. The van der Waals surface area contributed by atoms with Crippen LogP contribution in [0.5, 0.6) is 0 Å². The Hall–Kier alpha value is -1.92. The summed E-state index contributed by atoms with van der Waals surface area (Å²) in [5.74, 6) is -1.96. The van der Waals surface area contributed by atoms with Gasteiger partial charge >= 0.3 is 5.97 Å². The first-order valence-electron chi connectivity index (χ1n) is 8.00. The number of halogens is 3. The number of aromatic nitrogens is 3. The van der Waals surface area contributed by atoms with Crippen LogP contribution in [0.1, 0.15) is 5.82 Å². The van der Waals surface area contributed by atoms with Crippen molar-refractivity contribution < 1.29 is 30.2 Å². The number of nitrogens with two attached hydrogens (primary N) is 1. The lowest BCUT2D eigenvalue weighted by Gasteiger charge is -2.26. The predicted octanol–water partition coefficient (Wildman–Crippen LogP) is -2.14. The van der Waals surface area contributed by atoms with Crippen LogP contribution >= 0.6 is 34.8 Å². The summed E-state index contributed by atoms with van der Waals surface area (Å²) in [4.78, 5) is 33.6. The molecule has 156 valence electrons. The standard InChI is InChI=1S/C10H15Cl3N6O.C4H4O4/c11-10(12,13)7-16-8(15-3-6-20)18-9(17-7)19-4-1-14-2-5-19;5-3(6)1-2-4(7)8/h14,20H,1-6H2,(H,15,16,17,18);1-2H,(H,5,6)(H,7,8)/b;2-1+. The van der Waals surface area contributed by atoms with Crippen molar-refractivity contribution in [3.8, 4) is 0 Å². The number of carbonyl (C=O) groups excluding carboxylic acids is 1. The monoisotopic (exact) mass is 456 g/mol. The van der Waals surface area contributed by atoms with Crippen molar-refractivity contribution in [2.75, 3.05) is 49.5 Å². The molecule has 28 heavy (non-hydrogen) atoms. The fourth-order valence-electron chi connectivity index (χ4n) is 1.97. The number of alkyl halides is 3. The van der Waals surface area contributed by atoms with E-state index in [1.54, 1.807) is 0 Å². The second-order valence-corrected chi connectivity index (χ2v) is 7.56. The van der Waals surface area contributed by atoms with E-state index in [9.17, 15) is 14.7 Å². The Bertz CT molecular complexity index is 679. The maximum absolute atomic E-state index is 9.53. The summed E-state index contributed by atoms with van der Waals surface area (Å²) in [6.07, 6.45) is 0.942. The third-order valence-corrected chi connectivity index (χ3v) is 3.63. The van der Waals surface area contributed by atoms with Crippen molar-refractivity contribution in [3.05, 3.63) is 18.0 Å². The fourth-order valence-corrected chi connectivity index (χ4v) is 2.22. The van der Waals surface area contributed by atoms with Crippen molar-refractivity contribution in [1.29, 1.82) is 0 Å². The topological polar surface area (TPSA) is 168 Å². The smallest absolute Gasteiger partial charge is 0.328 e. The minimum Gasteiger partial charge on any atom is -0.545 e. The first-order chi connectivity index (χ1) is 13.1. The first kappa shape index (κ1) is 24.1. The molecule has 11 nitrogen and oxygen atoms in total. The highest BCUT2D eigenvalue weighted by Crippen LogP contribution is 2.36. The molecule has 1 aliphatic heterocycles. The molecule has 0 aromatic carbocycles. The molecule has 1 aromatic rings. The van der Waals surface area contributed by atoms with Crippen LogP contribution in [0.3, 0.4) is 0 Å². The first-order valence-corrected chi connectivity index (χ1v) is 9.13. The molecule has 1 aliphatic rings. The molecule has 14 heteroatoms. The number of nitrogens with one attached hydrogen (secondary N) is 1. The molecule has 0 bridgehead atoms. The van der Waals surface area contributed by atoms with Crippen LogP contribution in [0, 0.1) is 0 Å². The SMILES string of the molecule is O=C([O-])/C=C/C(=O)O.OCCNc1nc(N2CC[NH2+]CC2)nc(C(Cl)(Cl)Cl)n1. The van der Waals surface area contributed by atoms with Gasteiger partial charge in [-0.1, -0.05) is 34.8 Å². The molecule has 0 saturated carbocycles. The van der Waals surface area contributed by atoms with Crippen molar-refractivity contribution in [2.24, 2.45) is 0 Å². The molecule has 1 aromatic heterocycles. The van der Waals surface area contributed by atoms with Gasteiger partial charge in [0.15, 0.2) is 5.82 Å². The molecule has 1 saturated heterocycles. The van der Waals surface area contributed by atoms with Gasteiger partial charge < -0.3 is 35.6 Å². The van der Waals surface area contributed by atoms with Gasteiger partial charge in [-0.05, 0) is 6.08 Å². The third kappa shape index (κ3) is 9.33. The number of nitrogens with zero attached hydrogens (tertiary/aromatic N) is 4. The highest BCUT2D eigenvalue weighted by atomic mass is 35.6. The van der Waals surface area contributed by atoms with Crippen LogP contribution in [0.15, 0.2) is 12.2 Å². The zero-order valence-corrected chi connectivity index (χ0v) is 16.8. The number of hydrogen-bond donors (Lipinski definition) is 4. The van der Waals surface area contributed by atoms with E-state index in [1.165, 1.54) is 0 Å². The number of piperazine rings is 1. The van der Waals surface area contributed by atoms with Gasteiger partial charge in [0.05, 0.1) is 38.8 Å². The van der Waals surface area contributed by atoms with Crippen molar-refractivity contribution in [3.63, 3.8) is 0 Å². The van der Waals surface area contributed by atoms with Crippen LogP contribution in [0.4, 0.5) is 11.9 Å². The summed E-state index contributed by atoms with van der Waals surface area (Å²) in [7, 11) is 0. The molecular formula is C14H19Cl3N6O5. The van der Waals surface area contributed by atoms with Gasteiger partial charge in [0.2, 0.25) is 15.7 Å². The van der Waals surface area contributed by atoms with Crippen LogP contribution in [0.2, 0.25) is 0 Å². The zero-order chi connectivity index (χ0) is 21.2. The Morgan fingerprint density at radius 1 is 1.21 bits per heavy atom. The summed E-state index contributed by atoms with van der Waals surface area (Å²) in [6, 6.07) is 0. The zero-order valence-electron chi connectivity index (χ0n) is 14.5. The quantitative estimate of drug-likeness (QED) is 0.273. The van der Waals surface area contributed by atoms with E-state index in [1.807, 2.05) is 4.90 Å². The fraction of sp³-hybridized carbons (Fsp3) is 0.500. The number of aliphatic carboxylic acids is 2. The third-order valence-electron chi connectivity index (χ3n) is 3.12. The largest absolute Gasteiger partial charge is 0.545 e. The summed E-state index contributed by atoms with van der Waals surface area (Å²) in [5.41, 5.74) is 0. The van der Waals surface area contributed by atoms with Crippen molar-refractivity contribution >= 4 is 58.6 Å². The van der Waals surface area contributed by atoms with Gasteiger partial charge in [0, 0.05) is 12.6 Å². The molecule has 0 spiro atoms. The number of aliphatic hydroxyl groups excluding tert-OH is 1. The van der Waals surface area contributed by atoms with Gasteiger partial charge in [-0.3, -0.25) is 0 Å². The number of rotatable bonds is 6. The van der Waals surface area contributed by atoms with Gasteiger partial charge in [0.25, 0.3) is 0 Å². The number of carbonyl (C=O) groups is 2. The summed E-state index contributed by atoms with van der Waals surface area (Å²) < 4.78 is -1.71. The molecule has 2 rings (SSSR count). The maximum atomic E-state index is 9.53. The Morgan fingerprint density at radius 2 is 1.86 bits per heavy atom. The van der Waals surface area contributed by atoms with Gasteiger partial charge in [-0.25, -0.2) is 4.79 Å². The lowest BCUT2D eigenvalue weighted by molar-refractivity contribution is -0.655. The molecule has 0 atom stereocenters. The van der Waals surface area contributed by atoms with Crippen LogP contribution in [-0.4, -0.2) is 76.4 Å². The number of anilines is 2. The second-order valence-electron chi connectivity index (χ2n) is 5.27. The lowest BCUT2D eigenvalue weighted by atomic mass is 10.4. The van der Waals surface area contributed by atoms with Crippen LogP contribution < -0.4 is 20.6 Å². The van der Waals surface area contributed by atoms with E-state index < -0.39 is 15.7 Å². The molecule has 0 amide bonds. The van der Waals surface area contributed by atoms with Gasteiger partial charge in [0.1, 0.15) is 0 Å². The van der Waals surface area contributed by atoms with Crippen molar-refractivity contribution in [1.82, 2.24) is 15.0 Å². The minimum atomic E-state index is -1.71. The van der Waals surface area contributed by atoms with Crippen molar-refractivity contribution in [2.45, 2.75) is 3.79 Å². The highest BCUT2D eigenvalue weighted by Gasteiger charge is 2.29. The minimum absolute atomic E-state index is 0.0389. The lowest BCUT2D eigenvalue weighted by Crippen LogP contribution is -2.89. The molecule has 1 fully saturated rings. The Labute approximate surface area is 175 Å². The number of hydrogen-bond acceptors (Lipinski definition) is 9. The Balaban J connectivity index is 0.000000416. The molecule has 0 radical (unpaired) electrons. The normalized spacial score (nSPS) is 14.4. The number of carboxylic acid groups (broad SMARTS) is 2. The van der Waals surface area contributed by atoms with Gasteiger partial charge in [-0.2, -0.15) is 15.0 Å². The van der Waals surface area contributed by atoms with Crippen LogP contribution in [-0.2, 0) is 13.4 Å². The predicted molar refractivity (Wildman–Crippen MR) is 100 cm³/mol. The van der Waals surface area contributed by atoms with E-state index in [4.69, 9.17) is 45.0 Å². The molecule has 5 N–H and O–H groups in total. The average Bonchev–Trinajstić information content (AvgIpc) is 2.65. The van der Waals surface area contributed by atoms with E-state index in [-0.39, 0.29) is 12.4 Å². The van der Waals surface area contributed by atoms with Gasteiger partial charge in [-0.15, -0.1) is 0 Å². The number of carboxylic acids is 2. The Morgan fingerprint density at radius 3 is 2.32 bits per heavy atom.